The van der Waals surface area contributed by atoms with Crippen LogP contribution in [0.4, 0.5) is 0 Å². The Labute approximate surface area is 230 Å². The van der Waals surface area contributed by atoms with Gasteiger partial charge in [0, 0.05) is 18.0 Å². The highest BCUT2D eigenvalue weighted by molar-refractivity contribution is 5.97. The maximum absolute atomic E-state index is 11.2. The SMILES string of the molecule is CC.CC.CC.CC.CC(=O)c1ccc2nc(C)c(C)nc2c1.Cc1nc(C)nc(C)n1.c1cncnc1. The van der Waals surface area contributed by atoms with Crippen molar-refractivity contribution >= 4 is 16.8 Å². The molecular formula is C30H49N7O. The molecule has 4 rings (SSSR count). The number of hydrogen-bond acceptors (Lipinski definition) is 8. The van der Waals surface area contributed by atoms with Gasteiger partial charge >= 0.3 is 0 Å². The number of carbonyl (C=O) groups excluding carboxylic acids is 1. The molecule has 0 saturated carbocycles. The Morgan fingerprint density at radius 3 is 1.29 bits per heavy atom. The number of Topliss-reactive ketones (excluding diaryl/α,β-unsaturated/α-hetero) is 1. The average Bonchev–Trinajstić information content (AvgIpc) is 2.94. The molecule has 0 amide bonds. The third-order valence-electron chi connectivity index (χ3n) is 3.93. The van der Waals surface area contributed by atoms with Crippen molar-refractivity contribution in [3.05, 3.63) is 77.4 Å². The molecule has 3 heterocycles. The summed E-state index contributed by atoms with van der Waals surface area (Å²) in [5.41, 5.74) is 4.13. The first-order valence-electron chi connectivity index (χ1n) is 13.4. The van der Waals surface area contributed by atoms with Gasteiger partial charge in [0.15, 0.2) is 5.78 Å². The van der Waals surface area contributed by atoms with Crippen molar-refractivity contribution in [2.45, 2.75) is 96.9 Å². The summed E-state index contributed by atoms with van der Waals surface area (Å²) in [7, 11) is 0. The first-order valence-corrected chi connectivity index (χ1v) is 13.4. The Kier molecular flexibility index (Phi) is 25.5. The molecule has 0 saturated heterocycles. The zero-order valence-electron chi connectivity index (χ0n) is 26.1. The van der Waals surface area contributed by atoms with Crippen LogP contribution in [0.15, 0.2) is 43.0 Å². The fraction of sp³-hybridized carbons (Fsp3) is 0.467. The van der Waals surface area contributed by atoms with Gasteiger partial charge in [-0.2, -0.15) is 0 Å². The van der Waals surface area contributed by atoms with Crippen LogP contribution in [-0.4, -0.2) is 40.7 Å². The number of fused-ring (bicyclic) bond motifs is 1. The summed E-state index contributed by atoms with van der Waals surface area (Å²) in [5.74, 6) is 2.43. The van der Waals surface area contributed by atoms with Crippen LogP contribution in [0.3, 0.4) is 0 Å². The van der Waals surface area contributed by atoms with Gasteiger partial charge in [-0.05, 0) is 65.8 Å². The van der Waals surface area contributed by atoms with Crippen molar-refractivity contribution in [3.63, 3.8) is 0 Å². The second-order valence-corrected chi connectivity index (χ2v) is 6.54. The summed E-state index contributed by atoms with van der Waals surface area (Å²) in [6.07, 6.45) is 4.88. The van der Waals surface area contributed by atoms with E-state index in [9.17, 15) is 4.79 Å². The van der Waals surface area contributed by atoms with Gasteiger partial charge in [-0.3, -0.25) is 4.79 Å². The van der Waals surface area contributed by atoms with Crippen molar-refractivity contribution in [2.75, 3.05) is 0 Å². The quantitative estimate of drug-likeness (QED) is 0.232. The zero-order chi connectivity index (χ0) is 30.1. The molecular weight excluding hydrogens is 474 g/mol. The number of nitrogens with zero attached hydrogens (tertiary/aromatic N) is 7. The van der Waals surface area contributed by atoms with Crippen LogP contribution >= 0.6 is 0 Å². The summed E-state index contributed by atoms with van der Waals surface area (Å²) >= 11 is 0. The maximum atomic E-state index is 11.2. The minimum absolute atomic E-state index is 0.0527. The highest BCUT2D eigenvalue weighted by Crippen LogP contribution is 2.14. The van der Waals surface area contributed by atoms with Crippen LogP contribution in [0.2, 0.25) is 0 Å². The van der Waals surface area contributed by atoms with Gasteiger partial charge in [-0.25, -0.2) is 34.9 Å². The summed E-state index contributed by atoms with van der Waals surface area (Å²) in [6, 6.07) is 7.19. The van der Waals surface area contributed by atoms with Crippen molar-refractivity contribution in [2.24, 2.45) is 0 Å². The predicted octanol–water partition coefficient (Wildman–Crippen LogP) is 7.83. The molecule has 0 aliphatic heterocycles. The van der Waals surface area contributed by atoms with Crippen LogP contribution in [0.25, 0.3) is 11.0 Å². The molecule has 0 bridgehead atoms. The smallest absolute Gasteiger partial charge is 0.159 e. The molecule has 3 aromatic heterocycles. The van der Waals surface area contributed by atoms with E-state index in [-0.39, 0.29) is 5.78 Å². The lowest BCUT2D eigenvalue weighted by Crippen LogP contribution is -1.97. The van der Waals surface area contributed by atoms with Gasteiger partial charge < -0.3 is 0 Å². The molecule has 8 nitrogen and oxygen atoms in total. The summed E-state index contributed by atoms with van der Waals surface area (Å²) in [4.78, 5) is 39.4. The number of aromatic nitrogens is 7. The average molecular weight is 524 g/mol. The van der Waals surface area contributed by atoms with E-state index in [1.165, 1.54) is 6.33 Å². The second-order valence-electron chi connectivity index (χ2n) is 6.54. The molecule has 0 fully saturated rings. The largest absolute Gasteiger partial charge is 0.295 e. The van der Waals surface area contributed by atoms with E-state index in [4.69, 9.17) is 0 Å². The number of ketones is 1. The van der Waals surface area contributed by atoms with Crippen LogP contribution in [0.5, 0.6) is 0 Å². The van der Waals surface area contributed by atoms with Gasteiger partial charge in [-0.1, -0.05) is 55.4 Å². The van der Waals surface area contributed by atoms with E-state index in [1.54, 1.807) is 37.5 Å². The van der Waals surface area contributed by atoms with E-state index >= 15 is 0 Å². The molecule has 210 valence electrons. The summed E-state index contributed by atoms with van der Waals surface area (Å²) < 4.78 is 0. The van der Waals surface area contributed by atoms with Crippen LogP contribution in [0.1, 0.15) is 102 Å². The van der Waals surface area contributed by atoms with Gasteiger partial charge in [0.1, 0.15) is 23.8 Å². The van der Waals surface area contributed by atoms with Crippen LogP contribution in [-0.2, 0) is 0 Å². The monoisotopic (exact) mass is 523 g/mol. The standard InChI is InChI=1S/C12H12N2O.C6H9N3.C4H4N2.4C2H6/c1-7-8(2)14-12-6-10(9(3)15)4-5-11(12)13-7;1-4-7-5(2)9-6(3)8-4;1-2-5-4-6-3-1;4*1-2/h4-6H,1-3H3;1-3H3;1-4H;4*1-2H3. The normalized spacial score (nSPS) is 8.37. The van der Waals surface area contributed by atoms with Gasteiger partial charge in [-0.15, -0.1) is 0 Å². The fourth-order valence-electron chi connectivity index (χ4n) is 2.48. The Hall–Kier alpha value is -3.68. The van der Waals surface area contributed by atoms with Crippen LogP contribution in [0, 0.1) is 34.6 Å². The molecule has 4 aromatic rings. The molecule has 0 aliphatic rings. The highest BCUT2D eigenvalue weighted by atomic mass is 16.1. The molecule has 1 aromatic carbocycles. The molecule has 8 heteroatoms. The minimum atomic E-state index is 0.0527. The molecule has 0 unspecified atom stereocenters. The lowest BCUT2D eigenvalue weighted by Gasteiger charge is -2.03. The lowest BCUT2D eigenvalue weighted by molar-refractivity contribution is 0.101. The zero-order valence-corrected chi connectivity index (χ0v) is 26.1. The van der Waals surface area contributed by atoms with Crippen molar-refractivity contribution in [1.29, 1.82) is 0 Å². The highest BCUT2D eigenvalue weighted by Gasteiger charge is 2.04. The molecule has 0 radical (unpaired) electrons. The molecule has 0 N–H and O–H groups in total. The summed E-state index contributed by atoms with van der Waals surface area (Å²) in [5, 5.41) is 0. The molecule has 0 atom stereocenters. The predicted molar refractivity (Wildman–Crippen MR) is 160 cm³/mol. The number of aryl methyl sites for hydroxylation is 5. The Balaban J connectivity index is -0.000000457. The van der Waals surface area contributed by atoms with E-state index in [0.29, 0.717) is 5.56 Å². The van der Waals surface area contributed by atoms with Crippen molar-refractivity contribution in [3.8, 4) is 0 Å². The molecule has 38 heavy (non-hydrogen) atoms. The number of carbonyl (C=O) groups is 1. The third-order valence-corrected chi connectivity index (χ3v) is 3.93. The third kappa shape index (κ3) is 16.9. The minimum Gasteiger partial charge on any atom is -0.295 e. The fourth-order valence-corrected chi connectivity index (χ4v) is 2.48. The number of rotatable bonds is 1. The van der Waals surface area contributed by atoms with Gasteiger partial charge in [0.25, 0.3) is 0 Å². The Bertz CT molecular complexity index is 1060. The molecule has 0 spiro atoms. The van der Waals surface area contributed by atoms with E-state index < -0.39 is 0 Å². The Morgan fingerprint density at radius 1 is 0.579 bits per heavy atom. The van der Waals surface area contributed by atoms with E-state index in [1.807, 2.05) is 96.1 Å². The summed E-state index contributed by atoms with van der Waals surface area (Å²) in [6.45, 7) is 27.0. The van der Waals surface area contributed by atoms with Crippen LogP contribution < -0.4 is 0 Å². The molecule has 0 aliphatic carbocycles. The first-order chi connectivity index (χ1) is 18.3. The number of hydrogen-bond donors (Lipinski definition) is 0. The van der Waals surface area contributed by atoms with E-state index in [0.717, 1.165) is 39.9 Å². The van der Waals surface area contributed by atoms with Gasteiger partial charge in [0.2, 0.25) is 0 Å². The maximum Gasteiger partial charge on any atom is 0.159 e. The van der Waals surface area contributed by atoms with Crippen molar-refractivity contribution < 1.29 is 4.79 Å². The van der Waals surface area contributed by atoms with E-state index in [2.05, 4.69) is 34.9 Å². The van der Waals surface area contributed by atoms with Crippen molar-refractivity contribution in [1.82, 2.24) is 34.9 Å². The Morgan fingerprint density at radius 2 is 0.974 bits per heavy atom. The lowest BCUT2D eigenvalue weighted by atomic mass is 10.1. The number of benzene rings is 1. The topological polar surface area (TPSA) is 107 Å². The second kappa shape index (κ2) is 25.0. The van der Waals surface area contributed by atoms with Gasteiger partial charge in [0.05, 0.1) is 22.4 Å². The first kappa shape index (κ1) is 38.8.